The minimum atomic E-state index is 0.414. The highest BCUT2D eigenvalue weighted by atomic mass is 16.5. The van der Waals surface area contributed by atoms with Gasteiger partial charge in [-0.15, -0.1) is 0 Å². The number of nitrogens with zero attached hydrogens (tertiary/aromatic N) is 1. The Morgan fingerprint density at radius 2 is 1.79 bits per heavy atom. The second-order valence-electron chi connectivity index (χ2n) is 6.50. The maximum atomic E-state index is 5.47. The minimum Gasteiger partial charge on any atom is -0.381 e. The van der Waals surface area contributed by atoms with Crippen LogP contribution in [-0.4, -0.2) is 50.3 Å². The lowest BCUT2D eigenvalue weighted by Gasteiger charge is -2.40. The maximum absolute atomic E-state index is 5.47. The summed E-state index contributed by atoms with van der Waals surface area (Å²) in [7, 11) is 2.30. The molecule has 1 aliphatic rings. The van der Waals surface area contributed by atoms with Crippen molar-refractivity contribution in [3.8, 4) is 0 Å². The van der Waals surface area contributed by atoms with E-state index in [4.69, 9.17) is 4.74 Å². The fraction of sp³-hybridized carbons (Fsp3) is 1.00. The predicted molar refractivity (Wildman–Crippen MR) is 82.6 cm³/mol. The molecule has 3 nitrogen and oxygen atoms in total. The fourth-order valence-corrected chi connectivity index (χ4v) is 2.98. The SMILES string of the molecule is CCC(CC)(CNC(C)C)CN(C)C1CCOCC1. The lowest BCUT2D eigenvalue weighted by molar-refractivity contribution is 0.0250. The summed E-state index contributed by atoms with van der Waals surface area (Å²) in [6, 6.07) is 1.29. The summed E-state index contributed by atoms with van der Waals surface area (Å²) in [4.78, 5) is 2.58. The first-order chi connectivity index (χ1) is 9.03. The van der Waals surface area contributed by atoms with E-state index < -0.39 is 0 Å². The highest BCUT2D eigenvalue weighted by Gasteiger charge is 2.30. The third-order valence-corrected chi connectivity index (χ3v) is 4.78. The molecule has 0 radical (unpaired) electrons. The predicted octanol–water partition coefficient (Wildman–Crippen LogP) is 2.90. The monoisotopic (exact) mass is 270 g/mol. The quantitative estimate of drug-likeness (QED) is 0.734. The molecule has 1 N–H and O–H groups in total. The molecule has 0 saturated carbocycles. The molecule has 1 fully saturated rings. The van der Waals surface area contributed by atoms with Crippen molar-refractivity contribution in [3.05, 3.63) is 0 Å². The zero-order valence-electron chi connectivity index (χ0n) is 13.7. The highest BCUT2D eigenvalue weighted by molar-refractivity contribution is 4.85. The Balaban J connectivity index is 2.54. The number of ether oxygens (including phenoxy) is 1. The van der Waals surface area contributed by atoms with Crippen LogP contribution in [0.1, 0.15) is 53.4 Å². The molecule has 0 unspecified atom stereocenters. The van der Waals surface area contributed by atoms with Gasteiger partial charge >= 0.3 is 0 Å². The number of hydrogen-bond donors (Lipinski definition) is 1. The van der Waals surface area contributed by atoms with E-state index in [0.29, 0.717) is 17.5 Å². The zero-order valence-corrected chi connectivity index (χ0v) is 13.7. The van der Waals surface area contributed by atoms with Gasteiger partial charge < -0.3 is 15.0 Å². The van der Waals surface area contributed by atoms with Gasteiger partial charge in [0.15, 0.2) is 0 Å². The van der Waals surface area contributed by atoms with Gasteiger partial charge in [0, 0.05) is 38.4 Å². The molecule has 0 atom stereocenters. The Kier molecular flexibility index (Phi) is 7.33. The zero-order chi connectivity index (χ0) is 14.3. The van der Waals surface area contributed by atoms with Crippen LogP contribution in [0, 0.1) is 5.41 Å². The summed E-state index contributed by atoms with van der Waals surface area (Å²) in [5.74, 6) is 0. The molecule has 0 bridgehead atoms. The topological polar surface area (TPSA) is 24.5 Å². The van der Waals surface area contributed by atoms with Crippen molar-refractivity contribution in [2.75, 3.05) is 33.4 Å². The van der Waals surface area contributed by atoms with Crippen LogP contribution in [0.4, 0.5) is 0 Å². The Morgan fingerprint density at radius 1 is 1.21 bits per heavy atom. The van der Waals surface area contributed by atoms with Gasteiger partial charge in [0.05, 0.1) is 0 Å². The molecular formula is C16H34N2O. The molecule has 3 heteroatoms. The van der Waals surface area contributed by atoms with Gasteiger partial charge in [-0.2, -0.15) is 0 Å². The van der Waals surface area contributed by atoms with E-state index in [-0.39, 0.29) is 0 Å². The van der Waals surface area contributed by atoms with Gasteiger partial charge in [-0.25, -0.2) is 0 Å². The van der Waals surface area contributed by atoms with Crippen molar-refractivity contribution >= 4 is 0 Å². The van der Waals surface area contributed by atoms with E-state index in [9.17, 15) is 0 Å². The Morgan fingerprint density at radius 3 is 2.26 bits per heavy atom. The second kappa shape index (κ2) is 8.23. The normalized spacial score (nSPS) is 18.5. The minimum absolute atomic E-state index is 0.414. The second-order valence-corrected chi connectivity index (χ2v) is 6.50. The van der Waals surface area contributed by atoms with Gasteiger partial charge in [0.25, 0.3) is 0 Å². The van der Waals surface area contributed by atoms with E-state index in [1.807, 2.05) is 0 Å². The van der Waals surface area contributed by atoms with Crippen LogP contribution in [0.3, 0.4) is 0 Å². The largest absolute Gasteiger partial charge is 0.381 e. The van der Waals surface area contributed by atoms with Crippen molar-refractivity contribution < 1.29 is 4.74 Å². The van der Waals surface area contributed by atoms with Crippen molar-refractivity contribution in [1.82, 2.24) is 10.2 Å². The first-order valence-corrected chi connectivity index (χ1v) is 8.04. The first-order valence-electron chi connectivity index (χ1n) is 8.04. The fourth-order valence-electron chi connectivity index (χ4n) is 2.98. The summed E-state index contributed by atoms with van der Waals surface area (Å²) < 4.78 is 5.47. The molecule has 0 amide bonds. The first kappa shape index (κ1) is 16.9. The molecule has 1 saturated heterocycles. The molecule has 1 rings (SSSR count). The molecule has 1 aliphatic heterocycles. The number of nitrogens with one attached hydrogen (secondary N) is 1. The van der Waals surface area contributed by atoms with Gasteiger partial charge in [-0.05, 0) is 38.1 Å². The molecule has 0 aromatic heterocycles. The van der Waals surface area contributed by atoms with Crippen LogP contribution in [0.5, 0.6) is 0 Å². The van der Waals surface area contributed by atoms with Crippen molar-refractivity contribution in [2.45, 2.75) is 65.5 Å². The summed E-state index contributed by atoms with van der Waals surface area (Å²) in [5, 5.41) is 3.65. The molecule has 1 heterocycles. The van der Waals surface area contributed by atoms with Crippen LogP contribution in [0.25, 0.3) is 0 Å². The summed E-state index contributed by atoms with van der Waals surface area (Å²) >= 11 is 0. The van der Waals surface area contributed by atoms with Crippen LogP contribution in [0.15, 0.2) is 0 Å². The van der Waals surface area contributed by atoms with Gasteiger partial charge in [0.1, 0.15) is 0 Å². The van der Waals surface area contributed by atoms with Crippen LogP contribution in [-0.2, 0) is 4.74 Å². The summed E-state index contributed by atoms with van der Waals surface area (Å²) in [6.07, 6.45) is 4.88. The number of hydrogen-bond acceptors (Lipinski definition) is 3. The molecular weight excluding hydrogens is 236 g/mol. The smallest absolute Gasteiger partial charge is 0.0480 e. The average Bonchev–Trinajstić information content (AvgIpc) is 2.44. The summed E-state index contributed by atoms with van der Waals surface area (Å²) in [5.41, 5.74) is 0.414. The Bertz CT molecular complexity index is 233. The van der Waals surface area contributed by atoms with Gasteiger partial charge in [0.2, 0.25) is 0 Å². The third-order valence-electron chi connectivity index (χ3n) is 4.78. The van der Waals surface area contributed by atoms with Crippen LogP contribution in [0.2, 0.25) is 0 Å². The van der Waals surface area contributed by atoms with E-state index in [0.717, 1.165) is 19.8 Å². The molecule has 19 heavy (non-hydrogen) atoms. The molecule has 0 aromatic carbocycles. The standard InChI is InChI=1S/C16H34N2O/c1-6-16(7-2,12-17-14(3)4)13-18(5)15-8-10-19-11-9-15/h14-15,17H,6-13H2,1-5H3. The lowest BCUT2D eigenvalue weighted by Crippen LogP contribution is -2.48. The third kappa shape index (κ3) is 5.41. The molecule has 114 valence electrons. The molecule has 0 aliphatic carbocycles. The Hall–Kier alpha value is -0.120. The van der Waals surface area contributed by atoms with E-state index in [1.54, 1.807) is 0 Å². The van der Waals surface area contributed by atoms with E-state index >= 15 is 0 Å². The van der Waals surface area contributed by atoms with Crippen molar-refractivity contribution in [1.29, 1.82) is 0 Å². The maximum Gasteiger partial charge on any atom is 0.0480 e. The lowest BCUT2D eigenvalue weighted by atomic mass is 9.81. The van der Waals surface area contributed by atoms with Crippen LogP contribution >= 0.6 is 0 Å². The average molecular weight is 270 g/mol. The van der Waals surface area contributed by atoms with Crippen molar-refractivity contribution in [2.24, 2.45) is 5.41 Å². The molecule has 0 spiro atoms. The summed E-state index contributed by atoms with van der Waals surface area (Å²) in [6.45, 7) is 13.3. The Labute approximate surface area is 120 Å². The highest BCUT2D eigenvalue weighted by Crippen LogP contribution is 2.28. The van der Waals surface area contributed by atoms with E-state index in [2.05, 4.69) is 45.0 Å². The van der Waals surface area contributed by atoms with Gasteiger partial charge in [-0.1, -0.05) is 27.7 Å². The molecule has 0 aromatic rings. The van der Waals surface area contributed by atoms with Crippen LogP contribution < -0.4 is 5.32 Å². The van der Waals surface area contributed by atoms with Gasteiger partial charge in [-0.3, -0.25) is 0 Å². The number of rotatable bonds is 8. The van der Waals surface area contributed by atoms with E-state index in [1.165, 1.54) is 32.2 Å². The van der Waals surface area contributed by atoms with Crippen molar-refractivity contribution in [3.63, 3.8) is 0 Å².